The number of fused-ring (bicyclic) bond motifs is 1. The molecule has 3 rings (SSSR count). The number of hydrogen-bond acceptors (Lipinski definition) is 5. The Morgan fingerprint density at radius 2 is 1.80 bits per heavy atom. The lowest BCUT2D eigenvalue weighted by Gasteiger charge is -2.08. The Balaban J connectivity index is 1.68. The van der Waals surface area contributed by atoms with Crippen molar-refractivity contribution in [1.29, 1.82) is 0 Å². The highest BCUT2D eigenvalue weighted by Gasteiger charge is 2.15. The van der Waals surface area contributed by atoms with Crippen LogP contribution in [0.2, 0.25) is 0 Å². The summed E-state index contributed by atoms with van der Waals surface area (Å²) in [4.78, 5) is 24.5. The average Bonchev–Trinajstić information content (AvgIpc) is 3.09. The molecule has 0 unspecified atom stereocenters. The zero-order valence-corrected chi connectivity index (χ0v) is 13.7. The summed E-state index contributed by atoms with van der Waals surface area (Å²) in [5.41, 5.74) is 1.38. The monoisotopic (exact) mass is 342 g/mol. The van der Waals surface area contributed by atoms with Gasteiger partial charge in [-0.25, -0.2) is 0 Å². The van der Waals surface area contributed by atoms with Crippen LogP contribution < -0.4 is 20.1 Å². The van der Waals surface area contributed by atoms with Crippen LogP contribution in [0.1, 0.15) is 20.7 Å². The number of nitrogens with one attached hydrogen (secondary N) is 2. The van der Waals surface area contributed by atoms with Crippen LogP contribution in [-0.4, -0.2) is 38.9 Å². The molecular formula is C18H18N2O5. The first-order valence-corrected chi connectivity index (χ1v) is 7.75. The topological polar surface area (TPSA) is 85.9 Å². The van der Waals surface area contributed by atoms with Gasteiger partial charge in [-0.1, -0.05) is 6.07 Å². The van der Waals surface area contributed by atoms with E-state index >= 15 is 0 Å². The number of anilines is 1. The van der Waals surface area contributed by atoms with Gasteiger partial charge in [-0.2, -0.15) is 0 Å². The minimum absolute atomic E-state index is 0.174. The Labute approximate surface area is 144 Å². The van der Waals surface area contributed by atoms with Gasteiger partial charge in [-0.15, -0.1) is 0 Å². The third-order valence-corrected chi connectivity index (χ3v) is 3.61. The second-order valence-corrected chi connectivity index (χ2v) is 5.35. The van der Waals surface area contributed by atoms with Gasteiger partial charge in [0, 0.05) is 36.5 Å². The van der Waals surface area contributed by atoms with Gasteiger partial charge in [0.05, 0.1) is 6.61 Å². The van der Waals surface area contributed by atoms with E-state index in [0.29, 0.717) is 41.5 Å². The Morgan fingerprint density at radius 3 is 2.60 bits per heavy atom. The van der Waals surface area contributed by atoms with Crippen LogP contribution >= 0.6 is 0 Å². The van der Waals surface area contributed by atoms with Gasteiger partial charge < -0.3 is 24.8 Å². The summed E-state index contributed by atoms with van der Waals surface area (Å²) in [6.07, 6.45) is 0. The van der Waals surface area contributed by atoms with Crippen LogP contribution in [-0.2, 0) is 4.74 Å². The van der Waals surface area contributed by atoms with Gasteiger partial charge in [0.25, 0.3) is 11.8 Å². The molecular weight excluding hydrogens is 324 g/mol. The van der Waals surface area contributed by atoms with E-state index in [2.05, 4.69) is 10.6 Å². The van der Waals surface area contributed by atoms with Crippen LogP contribution in [0.3, 0.4) is 0 Å². The molecule has 2 amide bonds. The number of ether oxygens (including phenoxy) is 3. The molecule has 0 saturated heterocycles. The molecule has 7 heteroatoms. The molecule has 0 atom stereocenters. The lowest BCUT2D eigenvalue weighted by atomic mass is 10.1. The summed E-state index contributed by atoms with van der Waals surface area (Å²) in [6.45, 7) is 1.01. The van der Waals surface area contributed by atoms with Crippen molar-refractivity contribution in [1.82, 2.24) is 5.32 Å². The highest BCUT2D eigenvalue weighted by molar-refractivity contribution is 6.06. The van der Waals surface area contributed by atoms with Crippen molar-refractivity contribution >= 4 is 17.5 Å². The molecule has 2 N–H and O–H groups in total. The zero-order valence-electron chi connectivity index (χ0n) is 13.7. The summed E-state index contributed by atoms with van der Waals surface area (Å²) >= 11 is 0. The van der Waals surface area contributed by atoms with Gasteiger partial charge in [0.1, 0.15) is 0 Å². The number of hydrogen-bond donors (Lipinski definition) is 2. The smallest absolute Gasteiger partial charge is 0.255 e. The second-order valence-electron chi connectivity index (χ2n) is 5.35. The maximum atomic E-state index is 12.4. The van der Waals surface area contributed by atoms with Crippen LogP contribution in [0.15, 0.2) is 42.5 Å². The van der Waals surface area contributed by atoms with Gasteiger partial charge in [-0.05, 0) is 30.3 Å². The second kappa shape index (κ2) is 7.67. The average molecular weight is 342 g/mol. The quantitative estimate of drug-likeness (QED) is 0.785. The first-order chi connectivity index (χ1) is 12.2. The molecule has 0 spiro atoms. The number of rotatable bonds is 6. The van der Waals surface area contributed by atoms with Crippen LogP contribution in [0.5, 0.6) is 11.5 Å². The zero-order chi connectivity index (χ0) is 17.6. The standard InChI is InChI=1S/C18H18N2O5/c1-23-8-7-19-17(21)12-3-2-4-13(9-12)18(22)20-14-5-6-15-16(10-14)25-11-24-15/h2-6,9-10H,7-8,11H2,1H3,(H,19,21)(H,20,22). The Hall–Kier alpha value is -3.06. The van der Waals surface area contributed by atoms with Crippen LogP contribution in [0.25, 0.3) is 0 Å². The fourth-order valence-corrected chi connectivity index (χ4v) is 2.35. The van der Waals surface area contributed by atoms with Crippen molar-refractivity contribution in [3.8, 4) is 11.5 Å². The molecule has 0 radical (unpaired) electrons. The maximum Gasteiger partial charge on any atom is 0.255 e. The maximum absolute atomic E-state index is 12.4. The Morgan fingerprint density at radius 1 is 1.04 bits per heavy atom. The lowest BCUT2D eigenvalue weighted by Crippen LogP contribution is -2.27. The van der Waals surface area contributed by atoms with Crippen molar-refractivity contribution in [3.63, 3.8) is 0 Å². The molecule has 2 aromatic rings. The van der Waals surface area contributed by atoms with Gasteiger partial charge in [0.2, 0.25) is 6.79 Å². The summed E-state index contributed by atoms with van der Waals surface area (Å²) in [5.74, 6) is 0.664. The summed E-state index contributed by atoms with van der Waals surface area (Å²) in [6, 6.07) is 11.7. The van der Waals surface area contributed by atoms with E-state index in [1.165, 1.54) is 0 Å². The molecule has 0 aliphatic carbocycles. The Kier molecular flexibility index (Phi) is 5.15. The van der Waals surface area contributed by atoms with Crippen LogP contribution in [0.4, 0.5) is 5.69 Å². The van der Waals surface area contributed by atoms with E-state index in [9.17, 15) is 9.59 Å². The predicted molar refractivity (Wildman–Crippen MR) is 91.2 cm³/mol. The summed E-state index contributed by atoms with van der Waals surface area (Å²) < 4.78 is 15.4. The normalized spacial score (nSPS) is 11.9. The van der Waals surface area contributed by atoms with Crippen LogP contribution in [0, 0.1) is 0 Å². The molecule has 130 valence electrons. The largest absolute Gasteiger partial charge is 0.454 e. The van der Waals surface area contributed by atoms with E-state index < -0.39 is 0 Å². The van der Waals surface area contributed by atoms with Crippen molar-refractivity contribution in [3.05, 3.63) is 53.6 Å². The molecule has 0 saturated carbocycles. The Bertz CT molecular complexity index is 791. The van der Waals surface area contributed by atoms with Crippen molar-refractivity contribution in [2.45, 2.75) is 0 Å². The third kappa shape index (κ3) is 4.07. The van der Waals surface area contributed by atoms with E-state index in [1.54, 1.807) is 49.6 Å². The number of benzene rings is 2. The number of amides is 2. The molecule has 0 fully saturated rings. The highest BCUT2D eigenvalue weighted by atomic mass is 16.7. The fraction of sp³-hybridized carbons (Fsp3) is 0.222. The van der Waals surface area contributed by atoms with Gasteiger partial charge in [0.15, 0.2) is 11.5 Å². The first kappa shape index (κ1) is 16.8. The van der Waals surface area contributed by atoms with E-state index in [-0.39, 0.29) is 18.6 Å². The van der Waals surface area contributed by atoms with Gasteiger partial charge in [-0.3, -0.25) is 9.59 Å². The predicted octanol–water partition coefficient (Wildman–Crippen LogP) is 2.04. The van der Waals surface area contributed by atoms with E-state index in [4.69, 9.17) is 14.2 Å². The number of carbonyl (C=O) groups is 2. The SMILES string of the molecule is COCCNC(=O)c1cccc(C(=O)Nc2ccc3c(c2)OCO3)c1. The minimum Gasteiger partial charge on any atom is -0.454 e. The molecule has 1 aliphatic heterocycles. The van der Waals surface area contributed by atoms with Crippen molar-refractivity contribution in [2.75, 3.05) is 32.4 Å². The fourth-order valence-electron chi connectivity index (χ4n) is 2.35. The molecule has 7 nitrogen and oxygen atoms in total. The van der Waals surface area contributed by atoms with Crippen molar-refractivity contribution < 1.29 is 23.8 Å². The molecule has 1 aliphatic rings. The highest BCUT2D eigenvalue weighted by Crippen LogP contribution is 2.34. The molecule has 1 heterocycles. The lowest BCUT2D eigenvalue weighted by molar-refractivity contribution is 0.0937. The molecule has 0 bridgehead atoms. The third-order valence-electron chi connectivity index (χ3n) is 3.61. The number of carbonyl (C=O) groups excluding carboxylic acids is 2. The number of methoxy groups -OCH3 is 1. The van der Waals surface area contributed by atoms with E-state index in [0.717, 1.165) is 0 Å². The minimum atomic E-state index is -0.314. The van der Waals surface area contributed by atoms with Gasteiger partial charge >= 0.3 is 0 Å². The van der Waals surface area contributed by atoms with Crippen molar-refractivity contribution in [2.24, 2.45) is 0 Å². The van der Waals surface area contributed by atoms with E-state index in [1.807, 2.05) is 0 Å². The molecule has 25 heavy (non-hydrogen) atoms. The molecule has 0 aromatic heterocycles. The summed E-state index contributed by atoms with van der Waals surface area (Å²) in [5, 5.41) is 5.50. The molecule has 2 aromatic carbocycles. The first-order valence-electron chi connectivity index (χ1n) is 7.75. The summed E-state index contributed by atoms with van der Waals surface area (Å²) in [7, 11) is 1.56.